The monoisotopic (exact) mass is 416 g/mol. The maximum absolute atomic E-state index is 11.2. The molecule has 0 bridgehead atoms. The van der Waals surface area contributed by atoms with E-state index in [1.165, 1.54) is 83.5 Å². The van der Waals surface area contributed by atoms with Crippen LogP contribution in [0.2, 0.25) is 0 Å². The van der Waals surface area contributed by atoms with E-state index in [1.54, 1.807) is 12.1 Å². The van der Waals surface area contributed by atoms with Crippen LogP contribution in [-0.2, 0) is 11.2 Å². The van der Waals surface area contributed by atoms with Gasteiger partial charge in [0, 0.05) is 6.61 Å². The maximum Gasteiger partial charge on any atom is 0.335 e. The van der Waals surface area contributed by atoms with Gasteiger partial charge in [-0.15, -0.1) is 0 Å². The lowest BCUT2D eigenvalue weighted by atomic mass is 10.1. The quantitative estimate of drug-likeness (QED) is 0.173. The van der Waals surface area contributed by atoms with Crippen molar-refractivity contribution in [1.82, 2.24) is 0 Å². The van der Waals surface area contributed by atoms with Crippen molar-refractivity contribution in [3.63, 3.8) is 0 Å². The molecule has 170 valence electrons. The molecule has 0 atom stereocenters. The van der Waals surface area contributed by atoms with E-state index in [4.69, 9.17) is 4.74 Å². The first-order valence-electron chi connectivity index (χ1n) is 12.3. The Labute approximate surface area is 184 Å². The van der Waals surface area contributed by atoms with Gasteiger partial charge >= 0.3 is 5.97 Å². The fourth-order valence-electron chi connectivity index (χ4n) is 3.68. The molecule has 0 fully saturated rings. The SMILES string of the molecule is CCCCCCCC/C=C\CCCCCCCCOCCc1ccccc1C(=O)O. The lowest BCUT2D eigenvalue weighted by Gasteiger charge is -2.07. The molecule has 0 radical (unpaired) electrons. The molecule has 0 unspecified atom stereocenters. The van der Waals surface area contributed by atoms with Crippen molar-refractivity contribution in [2.24, 2.45) is 0 Å². The molecular weight excluding hydrogens is 372 g/mol. The minimum absolute atomic E-state index is 0.387. The van der Waals surface area contributed by atoms with E-state index >= 15 is 0 Å². The number of allylic oxidation sites excluding steroid dienone is 2. The van der Waals surface area contributed by atoms with Crippen LogP contribution in [0.15, 0.2) is 36.4 Å². The lowest BCUT2D eigenvalue weighted by Crippen LogP contribution is -2.06. The fraction of sp³-hybridized carbons (Fsp3) is 0.667. The molecular formula is C27H44O3. The molecule has 1 aromatic rings. The number of ether oxygens (including phenoxy) is 1. The second-order valence-corrected chi connectivity index (χ2v) is 8.26. The van der Waals surface area contributed by atoms with Crippen molar-refractivity contribution in [3.8, 4) is 0 Å². The summed E-state index contributed by atoms with van der Waals surface area (Å²) < 4.78 is 5.69. The van der Waals surface area contributed by atoms with Gasteiger partial charge < -0.3 is 9.84 Å². The Bertz CT molecular complexity index is 565. The number of benzene rings is 1. The molecule has 0 aromatic heterocycles. The van der Waals surface area contributed by atoms with Crippen molar-refractivity contribution in [1.29, 1.82) is 0 Å². The largest absolute Gasteiger partial charge is 0.478 e. The van der Waals surface area contributed by atoms with Crippen molar-refractivity contribution >= 4 is 5.97 Å². The highest BCUT2D eigenvalue weighted by Gasteiger charge is 2.08. The highest BCUT2D eigenvalue weighted by atomic mass is 16.5. The van der Waals surface area contributed by atoms with Gasteiger partial charge in [-0.2, -0.15) is 0 Å². The van der Waals surface area contributed by atoms with E-state index in [2.05, 4.69) is 19.1 Å². The average molecular weight is 417 g/mol. The smallest absolute Gasteiger partial charge is 0.335 e. The Kier molecular flexibility index (Phi) is 17.1. The minimum Gasteiger partial charge on any atom is -0.478 e. The van der Waals surface area contributed by atoms with Crippen LogP contribution in [0.4, 0.5) is 0 Å². The van der Waals surface area contributed by atoms with Crippen LogP contribution in [0.1, 0.15) is 113 Å². The average Bonchev–Trinajstić information content (AvgIpc) is 2.75. The van der Waals surface area contributed by atoms with Gasteiger partial charge in [0.05, 0.1) is 12.2 Å². The second-order valence-electron chi connectivity index (χ2n) is 8.26. The van der Waals surface area contributed by atoms with Gasteiger partial charge in [0.25, 0.3) is 0 Å². The second kappa shape index (κ2) is 19.4. The highest BCUT2D eigenvalue weighted by molar-refractivity contribution is 5.89. The molecule has 1 aromatic carbocycles. The normalized spacial score (nSPS) is 11.4. The molecule has 0 spiro atoms. The molecule has 0 saturated heterocycles. The molecule has 0 aliphatic rings. The van der Waals surface area contributed by atoms with Gasteiger partial charge in [-0.05, 0) is 50.2 Å². The van der Waals surface area contributed by atoms with Crippen molar-refractivity contribution < 1.29 is 14.6 Å². The molecule has 1 N–H and O–H groups in total. The van der Waals surface area contributed by atoms with Crippen LogP contribution in [0.25, 0.3) is 0 Å². The zero-order valence-corrected chi connectivity index (χ0v) is 19.2. The van der Waals surface area contributed by atoms with Gasteiger partial charge in [0.15, 0.2) is 0 Å². The summed E-state index contributed by atoms with van der Waals surface area (Å²) in [5.74, 6) is -0.862. The first-order chi connectivity index (χ1) is 14.8. The third kappa shape index (κ3) is 14.4. The van der Waals surface area contributed by atoms with Crippen LogP contribution < -0.4 is 0 Å². The topological polar surface area (TPSA) is 46.5 Å². The summed E-state index contributed by atoms with van der Waals surface area (Å²) in [6.45, 7) is 3.64. The summed E-state index contributed by atoms with van der Waals surface area (Å²) in [5.41, 5.74) is 1.24. The van der Waals surface area contributed by atoms with Gasteiger partial charge in [-0.1, -0.05) is 95.1 Å². The Morgan fingerprint density at radius 2 is 1.37 bits per heavy atom. The zero-order chi connectivity index (χ0) is 21.7. The van der Waals surface area contributed by atoms with E-state index in [9.17, 15) is 9.90 Å². The van der Waals surface area contributed by atoms with Crippen LogP contribution in [0.3, 0.4) is 0 Å². The van der Waals surface area contributed by atoms with E-state index in [1.807, 2.05) is 12.1 Å². The van der Waals surface area contributed by atoms with Crippen LogP contribution in [0.5, 0.6) is 0 Å². The summed E-state index contributed by atoms with van der Waals surface area (Å²) in [6, 6.07) is 7.17. The zero-order valence-electron chi connectivity index (χ0n) is 19.2. The number of carboxylic acids is 1. The van der Waals surface area contributed by atoms with Gasteiger partial charge in [0.2, 0.25) is 0 Å². The third-order valence-corrected chi connectivity index (χ3v) is 5.56. The van der Waals surface area contributed by atoms with E-state index in [-0.39, 0.29) is 0 Å². The third-order valence-electron chi connectivity index (χ3n) is 5.56. The van der Waals surface area contributed by atoms with E-state index in [0.29, 0.717) is 18.6 Å². The molecule has 0 amide bonds. The van der Waals surface area contributed by atoms with Crippen LogP contribution in [-0.4, -0.2) is 24.3 Å². The number of unbranched alkanes of at least 4 members (excludes halogenated alkanes) is 12. The Balaban J connectivity index is 1.84. The maximum atomic E-state index is 11.2. The number of carbonyl (C=O) groups is 1. The standard InChI is InChI=1S/C27H44O3/c1-2-3-4-5-6-7-8-9-10-11-12-13-14-15-16-19-23-30-24-22-25-20-17-18-21-26(25)27(28)29/h9-10,17-18,20-21H,2-8,11-16,19,22-24H2,1H3,(H,28,29)/b10-9-. The Morgan fingerprint density at radius 1 is 0.800 bits per heavy atom. The predicted molar refractivity (Wildman–Crippen MR) is 127 cm³/mol. The molecule has 3 nitrogen and oxygen atoms in total. The minimum atomic E-state index is -0.862. The van der Waals surface area contributed by atoms with Crippen molar-refractivity contribution in [3.05, 3.63) is 47.5 Å². The molecule has 0 saturated carbocycles. The number of rotatable bonds is 20. The first-order valence-corrected chi connectivity index (χ1v) is 12.3. The summed E-state index contributed by atoms with van der Waals surface area (Å²) >= 11 is 0. The Hall–Kier alpha value is -1.61. The molecule has 1 rings (SSSR count). The van der Waals surface area contributed by atoms with E-state index < -0.39 is 5.97 Å². The summed E-state index contributed by atoms with van der Waals surface area (Å²) in [4.78, 5) is 11.2. The summed E-state index contributed by atoms with van der Waals surface area (Å²) in [5, 5.41) is 9.18. The molecule has 30 heavy (non-hydrogen) atoms. The van der Waals surface area contributed by atoms with Gasteiger partial charge in [0.1, 0.15) is 0 Å². The molecule has 0 heterocycles. The summed E-state index contributed by atoms with van der Waals surface area (Å²) in [7, 11) is 0. The van der Waals surface area contributed by atoms with Gasteiger partial charge in [-0.25, -0.2) is 4.79 Å². The number of aromatic carboxylic acids is 1. The number of hydrogen-bond donors (Lipinski definition) is 1. The first kappa shape index (κ1) is 26.4. The van der Waals surface area contributed by atoms with Crippen molar-refractivity contribution in [2.45, 2.75) is 103 Å². The molecule has 0 aliphatic heterocycles. The van der Waals surface area contributed by atoms with Crippen LogP contribution >= 0.6 is 0 Å². The van der Waals surface area contributed by atoms with Crippen molar-refractivity contribution in [2.75, 3.05) is 13.2 Å². The number of carboxylic acid groups (broad SMARTS) is 1. The van der Waals surface area contributed by atoms with Gasteiger partial charge in [-0.3, -0.25) is 0 Å². The lowest BCUT2D eigenvalue weighted by molar-refractivity contribution is 0.0694. The molecule has 3 heteroatoms. The Morgan fingerprint density at radius 3 is 2.00 bits per heavy atom. The molecule has 0 aliphatic carbocycles. The summed E-state index contributed by atoms with van der Waals surface area (Å²) in [6.07, 6.45) is 23.8. The number of hydrogen-bond acceptors (Lipinski definition) is 2. The predicted octanol–water partition coefficient (Wildman–Crippen LogP) is 7.98. The highest BCUT2D eigenvalue weighted by Crippen LogP contribution is 2.11. The van der Waals surface area contributed by atoms with E-state index in [0.717, 1.165) is 18.6 Å². The fourth-order valence-corrected chi connectivity index (χ4v) is 3.68. The van der Waals surface area contributed by atoms with Crippen LogP contribution in [0, 0.1) is 0 Å².